The summed E-state index contributed by atoms with van der Waals surface area (Å²) < 4.78 is 10.1. The van der Waals surface area contributed by atoms with Crippen LogP contribution in [0.1, 0.15) is 98.8 Å². The largest absolute Gasteiger partial charge is 0.460 e. The first-order chi connectivity index (χ1) is 16.5. The quantitative estimate of drug-likeness (QED) is 0.492. The maximum Gasteiger partial charge on any atom is 0.344 e. The van der Waals surface area contributed by atoms with E-state index in [0.29, 0.717) is 30.1 Å². The number of rotatable bonds is 7. The molecule has 0 aromatic heterocycles. The Kier molecular flexibility index (Phi) is 7.93. The highest BCUT2D eigenvalue weighted by molar-refractivity contribution is 5.76. The number of fused-ring (bicyclic) bond motifs is 5. The summed E-state index contributed by atoms with van der Waals surface area (Å²) in [4.78, 5) is 23.9. The SMILES string of the molecule is CC(C)OC(=O)COC(=O)CCC(C)C1CCC2C3C(O)CC4CCCCC4(C)C3CC(O)C12C. The van der Waals surface area contributed by atoms with Crippen LogP contribution in [-0.4, -0.2) is 47.1 Å². The lowest BCUT2D eigenvalue weighted by atomic mass is 9.43. The predicted molar refractivity (Wildman–Crippen MR) is 133 cm³/mol. The third kappa shape index (κ3) is 4.91. The molecule has 0 aliphatic heterocycles. The van der Waals surface area contributed by atoms with Crippen molar-refractivity contribution in [1.29, 1.82) is 0 Å². The van der Waals surface area contributed by atoms with E-state index in [-0.39, 0.29) is 60.0 Å². The van der Waals surface area contributed by atoms with Gasteiger partial charge in [0.1, 0.15) is 0 Å². The van der Waals surface area contributed by atoms with Crippen LogP contribution in [0.4, 0.5) is 0 Å². The van der Waals surface area contributed by atoms with Crippen molar-refractivity contribution < 1.29 is 29.3 Å². The van der Waals surface area contributed by atoms with Gasteiger partial charge in [0.2, 0.25) is 0 Å². The average Bonchev–Trinajstić information content (AvgIpc) is 3.15. The minimum Gasteiger partial charge on any atom is -0.460 e. The fourth-order valence-corrected chi connectivity index (χ4v) is 9.24. The number of hydrogen-bond donors (Lipinski definition) is 2. The van der Waals surface area contributed by atoms with E-state index in [1.54, 1.807) is 13.8 Å². The van der Waals surface area contributed by atoms with Crippen molar-refractivity contribution in [2.45, 2.75) is 117 Å². The first-order valence-electron chi connectivity index (χ1n) is 14.2. The number of aliphatic hydroxyl groups excluding tert-OH is 2. The number of hydrogen-bond acceptors (Lipinski definition) is 6. The molecule has 10 unspecified atom stereocenters. The van der Waals surface area contributed by atoms with Crippen LogP contribution in [0.5, 0.6) is 0 Å². The smallest absolute Gasteiger partial charge is 0.344 e. The van der Waals surface area contributed by atoms with Crippen LogP contribution in [0.2, 0.25) is 0 Å². The summed E-state index contributed by atoms with van der Waals surface area (Å²) in [5.74, 6) is 1.26. The van der Waals surface area contributed by atoms with E-state index in [1.165, 1.54) is 25.7 Å². The first-order valence-corrected chi connectivity index (χ1v) is 14.2. The molecule has 2 N–H and O–H groups in total. The molecular weight excluding hydrogens is 444 g/mol. The van der Waals surface area contributed by atoms with Crippen molar-refractivity contribution in [3.8, 4) is 0 Å². The Bertz CT molecular complexity index is 781. The van der Waals surface area contributed by atoms with Crippen molar-refractivity contribution in [3.63, 3.8) is 0 Å². The summed E-state index contributed by atoms with van der Waals surface area (Å²) in [6, 6.07) is 0. The fraction of sp³-hybridized carbons (Fsp3) is 0.931. The highest BCUT2D eigenvalue weighted by Gasteiger charge is 2.65. The van der Waals surface area contributed by atoms with Crippen LogP contribution < -0.4 is 0 Å². The molecule has 0 aromatic carbocycles. The zero-order chi connectivity index (χ0) is 25.5. The fourth-order valence-electron chi connectivity index (χ4n) is 9.24. The maximum atomic E-state index is 12.3. The van der Waals surface area contributed by atoms with Gasteiger partial charge in [-0.3, -0.25) is 4.79 Å². The molecule has 4 fully saturated rings. The molecule has 0 aromatic rings. The van der Waals surface area contributed by atoms with Gasteiger partial charge >= 0.3 is 11.9 Å². The molecular formula is C29H48O6. The number of ether oxygens (including phenoxy) is 2. The second-order valence-electron chi connectivity index (χ2n) is 13.1. The molecule has 4 saturated carbocycles. The molecule has 35 heavy (non-hydrogen) atoms. The van der Waals surface area contributed by atoms with Crippen molar-refractivity contribution in [1.82, 2.24) is 0 Å². The average molecular weight is 493 g/mol. The Balaban J connectivity index is 1.40. The molecule has 0 bridgehead atoms. The normalized spacial score (nSPS) is 43.6. The van der Waals surface area contributed by atoms with E-state index in [0.717, 1.165) is 25.7 Å². The second-order valence-corrected chi connectivity index (χ2v) is 13.1. The molecule has 0 heterocycles. The molecule has 0 saturated heterocycles. The Morgan fingerprint density at radius 2 is 1.71 bits per heavy atom. The maximum absolute atomic E-state index is 12.3. The van der Waals surface area contributed by atoms with Crippen molar-refractivity contribution >= 4 is 11.9 Å². The van der Waals surface area contributed by atoms with Crippen LogP contribution in [0.25, 0.3) is 0 Å². The van der Waals surface area contributed by atoms with E-state index >= 15 is 0 Å². The Morgan fingerprint density at radius 1 is 0.971 bits per heavy atom. The van der Waals surface area contributed by atoms with Gasteiger partial charge in [0, 0.05) is 6.42 Å². The topological polar surface area (TPSA) is 93.1 Å². The number of esters is 2. The van der Waals surface area contributed by atoms with Gasteiger partial charge in [-0.15, -0.1) is 0 Å². The lowest BCUT2D eigenvalue weighted by Gasteiger charge is -2.63. The Labute approximate surface area is 211 Å². The minimum absolute atomic E-state index is 0.229. The third-order valence-electron chi connectivity index (χ3n) is 11.0. The van der Waals surface area contributed by atoms with Crippen LogP contribution >= 0.6 is 0 Å². The van der Waals surface area contributed by atoms with Crippen molar-refractivity contribution in [2.75, 3.05) is 6.61 Å². The first kappa shape index (κ1) is 26.9. The van der Waals surface area contributed by atoms with E-state index in [9.17, 15) is 19.8 Å². The van der Waals surface area contributed by atoms with Crippen molar-refractivity contribution in [3.05, 3.63) is 0 Å². The summed E-state index contributed by atoms with van der Waals surface area (Å²) >= 11 is 0. The summed E-state index contributed by atoms with van der Waals surface area (Å²) in [7, 11) is 0. The standard InChI is InChI=1S/C29H48O6/c1-17(2)35-26(33)16-34-25(32)12-9-18(3)20-10-11-21-27-22(15-24(31)29(20,21)5)28(4)13-7-6-8-19(28)14-23(27)30/h17-24,27,30-31H,6-16H2,1-5H3. The highest BCUT2D eigenvalue weighted by atomic mass is 16.6. The van der Waals surface area contributed by atoms with Gasteiger partial charge in [-0.1, -0.05) is 33.6 Å². The number of aliphatic hydroxyl groups is 2. The molecule has 4 aliphatic rings. The Morgan fingerprint density at radius 3 is 2.43 bits per heavy atom. The van der Waals surface area contributed by atoms with Crippen LogP contribution in [0.15, 0.2) is 0 Å². The molecule has 0 radical (unpaired) electrons. The molecule has 6 heteroatoms. The van der Waals surface area contributed by atoms with E-state index in [2.05, 4.69) is 20.8 Å². The minimum atomic E-state index is -0.521. The van der Waals surface area contributed by atoms with E-state index in [1.807, 2.05) is 0 Å². The zero-order valence-electron chi connectivity index (χ0n) is 22.5. The van der Waals surface area contributed by atoms with Gasteiger partial charge in [-0.05, 0) is 105 Å². The number of carbonyl (C=O) groups excluding carboxylic acids is 2. The van der Waals surface area contributed by atoms with Gasteiger partial charge in [0.25, 0.3) is 0 Å². The second kappa shape index (κ2) is 10.3. The number of carbonyl (C=O) groups is 2. The van der Waals surface area contributed by atoms with E-state index in [4.69, 9.17) is 9.47 Å². The third-order valence-corrected chi connectivity index (χ3v) is 11.0. The molecule has 4 aliphatic carbocycles. The van der Waals surface area contributed by atoms with Gasteiger partial charge in [0.05, 0.1) is 18.3 Å². The summed E-state index contributed by atoms with van der Waals surface area (Å²) in [6.07, 6.45) is 8.88. The molecule has 6 nitrogen and oxygen atoms in total. The predicted octanol–water partition coefficient (Wildman–Crippen LogP) is 4.89. The van der Waals surface area contributed by atoms with Crippen LogP contribution in [-0.2, 0) is 19.1 Å². The lowest BCUT2D eigenvalue weighted by molar-refractivity contribution is -0.201. The molecule has 0 amide bonds. The Hall–Kier alpha value is -1.14. The van der Waals surface area contributed by atoms with Gasteiger partial charge in [-0.25, -0.2) is 4.79 Å². The monoisotopic (exact) mass is 492 g/mol. The van der Waals surface area contributed by atoms with Gasteiger partial charge in [0.15, 0.2) is 6.61 Å². The highest BCUT2D eigenvalue weighted by Crippen LogP contribution is 2.68. The van der Waals surface area contributed by atoms with Crippen molar-refractivity contribution in [2.24, 2.45) is 46.3 Å². The molecule has 200 valence electrons. The zero-order valence-corrected chi connectivity index (χ0v) is 22.5. The van der Waals surface area contributed by atoms with Crippen LogP contribution in [0.3, 0.4) is 0 Å². The molecule has 10 atom stereocenters. The molecule has 0 spiro atoms. The summed E-state index contributed by atoms with van der Waals surface area (Å²) in [5, 5.41) is 23.0. The van der Waals surface area contributed by atoms with Gasteiger partial charge in [-0.2, -0.15) is 0 Å². The molecule has 4 rings (SSSR count). The van der Waals surface area contributed by atoms with E-state index < -0.39 is 5.97 Å². The van der Waals surface area contributed by atoms with Crippen LogP contribution in [0, 0.1) is 46.3 Å². The summed E-state index contributed by atoms with van der Waals surface area (Å²) in [5.41, 5.74) is 0.0129. The summed E-state index contributed by atoms with van der Waals surface area (Å²) in [6.45, 7) is 10.1. The lowest BCUT2D eigenvalue weighted by Crippen LogP contribution is -2.61. The van der Waals surface area contributed by atoms with Gasteiger partial charge < -0.3 is 19.7 Å².